The average Bonchev–Trinajstić information content (AvgIpc) is 2.34. The third-order valence-electron chi connectivity index (χ3n) is 0.709. The number of hydrogen-bond acceptors (Lipinski definition) is 5. The minimum Gasteiger partial charge on any atom is -0.475 e. The molecule has 1 rings (SSSR count). The number of aromatic nitrogens is 2. The van der Waals surface area contributed by atoms with Gasteiger partial charge in [0, 0.05) is 6.54 Å². The Morgan fingerprint density at radius 3 is 3.22 bits per heavy atom. The smallest absolute Gasteiger partial charge is 0.245 e. The second-order valence-electron chi connectivity index (χ2n) is 1.38. The molecule has 1 aromatic rings. The number of hydrogen-bond donors (Lipinski definition) is 1. The Labute approximate surface area is 57.0 Å². The normalized spacial score (nSPS) is 9.44. The van der Waals surface area contributed by atoms with E-state index in [0.29, 0.717) is 19.0 Å². The van der Waals surface area contributed by atoms with Crippen molar-refractivity contribution < 1.29 is 4.74 Å². The summed E-state index contributed by atoms with van der Waals surface area (Å²) in [6.07, 6.45) is 1.57. The van der Waals surface area contributed by atoms with Gasteiger partial charge in [0.15, 0.2) is 0 Å². The van der Waals surface area contributed by atoms with E-state index in [2.05, 4.69) is 8.75 Å². The zero-order valence-electron chi connectivity index (χ0n) is 4.78. The van der Waals surface area contributed by atoms with E-state index in [-0.39, 0.29) is 0 Å². The lowest BCUT2D eigenvalue weighted by molar-refractivity contribution is 0.318. The Hall–Kier alpha value is -0.680. The lowest BCUT2D eigenvalue weighted by atomic mass is 10.7. The molecule has 50 valence electrons. The average molecular weight is 145 g/mol. The highest BCUT2D eigenvalue weighted by molar-refractivity contribution is 6.99. The van der Waals surface area contributed by atoms with Crippen LogP contribution < -0.4 is 10.5 Å². The number of ether oxygens (including phenoxy) is 1. The van der Waals surface area contributed by atoms with Crippen molar-refractivity contribution in [2.75, 3.05) is 13.2 Å². The molecule has 0 bridgehead atoms. The molecule has 1 aromatic heterocycles. The number of nitrogens with two attached hydrogens (primary N) is 1. The van der Waals surface area contributed by atoms with Gasteiger partial charge in [-0.1, -0.05) is 0 Å². The predicted molar refractivity (Wildman–Crippen MR) is 34.5 cm³/mol. The van der Waals surface area contributed by atoms with Crippen LogP contribution in [-0.2, 0) is 0 Å². The van der Waals surface area contributed by atoms with Crippen molar-refractivity contribution in [3.05, 3.63) is 6.20 Å². The standard InChI is InChI=1S/C4H7N3OS/c5-1-2-8-4-3-6-9-7-4/h3H,1-2,5H2. The zero-order valence-corrected chi connectivity index (χ0v) is 5.60. The molecule has 0 aromatic carbocycles. The third-order valence-corrected chi connectivity index (χ3v) is 1.17. The predicted octanol–water partition coefficient (Wildman–Crippen LogP) is -0.124. The maximum Gasteiger partial charge on any atom is 0.245 e. The van der Waals surface area contributed by atoms with Gasteiger partial charge in [-0.2, -0.15) is 4.37 Å². The summed E-state index contributed by atoms with van der Waals surface area (Å²) >= 11 is 1.12. The first kappa shape index (κ1) is 6.44. The first-order chi connectivity index (χ1) is 4.43. The first-order valence-electron chi connectivity index (χ1n) is 2.54. The van der Waals surface area contributed by atoms with Crippen molar-refractivity contribution in [3.63, 3.8) is 0 Å². The van der Waals surface area contributed by atoms with E-state index in [1.165, 1.54) is 0 Å². The van der Waals surface area contributed by atoms with Crippen LogP contribution in [0.2, 0.25) is 0 Å². The Bertz CT molecular complexity index is 153. The molecule has 0 atom stereocenters. The Kier molecular flexibility index (Phi) is 2.41. The molecule has 9 heavy (non-hydrogen) atoms. The van der Waals surface area contributed by atoms with Crippen LogP contribution >= 0.6 is 11.7 Å². The molecule has 0 fully saturated rings. The fourth-order valence-electron chi connectivity index (χ4n) is 0.383. The number of nitrogens with zero attached hydrogens (tertiary/aromatic N) is 2. The Balaban J connectivity index is 2.30. The Morgan fingerprint density at radius 1 is 1.78 bits per heavy atom. The minimum absolute atomic E-state index is 0.505. The molecule has 0 unspecified atom stereocenters. The van der Waals surface area contributed by atoms with E-state index in [0.717, 1.165) is 11.7 Å². The maximum atomic E-state index is 5.18. The Morgan fingerprint density at radius 2 is 2.67 bits per heavy atom. The van der Waals surface area contributed by atoms with E-state index >= 15 is 0 Å². The summed E-state index contributed by atoms with van der Waals surface area (Å²) in [7, 11) is 0. The minimum atomic E-state index is 0.505. The lowest BCUT2D eigenvalue weighted by Gasteiger charge is -1.95. The van der Waals surface area contributed by atoms with E-state index in [1.54, 1.807) is 6.20 Å². The van der Waals surface area contributed by atoms with Crippen LogP contribution in [0.25, 0.3) is 0 Å². The van der Waals surface area contributed by atoms with Gasteiger partial charge in [0.2, 0.25) is 5.88 Å². The van der Waals surface area contributed by atoms with Gasteiger partial charge in [0.25, 0.3) is 0 Å². The molecule has 5 heteroatoms. The third kappa shape index (κ3) is 1.95. The lowest BCUT2D eigenvalue weighted by Crippen LogP contribution is -2.10. The van der Waals surface area contributed by atoms with Gasteiger partial charge >= 0.3 is 0 Å². The van der Waals surface area contributed by atoms with Gasteiger partial charge < -0.3 is 10.5 Å². The highest BCUT2D eigenvalue weighted by Crippen LogP contribution is 2.03. The maximum absolute atomic E-state index is 5.18. The second-order valence-corrected chi connectivity index (χ2v) is 1.94. The molecule has 0 saturated carbocycles. The molecule has 0 radical (unpaired) electrons. The van der Waals surface area contributed by atoms with E-state index in [9.17, 15) is 0 Å². The van der Waals surface area contributed by atoms with Crippen LogP contribution in [0, 0.1) is 0 Å². The van der Waals surface area contributed by atoms with Crippen molar-refractivity contribution in [2.45, 2.75) is 0 Å². The zero-order chi connectivity index (χ0) is 6.53. The molecule has 0 aliphatic carbocycles. The van der Waals surface area contributed by atoms with Gasteiger partial charge in [-0.25, -0.2) is 0 Å². The monoisotopic (exact) mass is 145 g/mol. The fraction of sp³-hybridized carbons (Fsp3) is 0.500. The van der Waals surface area contributed by atoms with Gasteiger partial charge in [0.05, 0.1) is 11.7 Å². The van der Waals surface area contributed by atoms with Crippen LogP contribution in [0.3, 0.4) is 0 Å². The van der Waals surface area contributed by atoms with Gasteiger partial charge in [0.1, 0.15) is 12.8 Å². The molecule has 1 heterocycles. The van der Waals surface area contributed by atoms with E-state index in [1.807, 2.05) is 0 Å². The summed E-state index contributed by atoms with van der Waals surface area (Å²) in [5, 5.41) is 0. The van der Waals surface area contributed by atoms with Crippen LogP contribution in [-0.4, -0.2) is 21.9 Å². The van der Waals surface area contributed by atoms with Crippen molar-refractivity contribution in [1.82, 2.24) is 8.75 Å². The summed E-state index contributed by atoms with van der Waals surface area (Å²) in [6.45, 7) is 1.02. The highest BCUT2D eigenvalue weighted by Gasteiger charge is 1.92. The molecule has 0 saturated heterocycles. The summed E-state index contributed by atoms with van der Waals surface area (Å²) in [5.41, 5.74) is 5.18. The fourth-order valence-corrected chi connectivity index (χ4v) is 0.748. The number of rotatable bonds is 3. The van der Waals surface area contributed by atoms with Crippen LogP contribution in [0.1, 0.15) is 0 Å². The summed E-state index contributed by atoms with van der Waals surface area (Å²) in [4.78, 5) is 0. The SMILES string of the molecule is NCCOc1cnsn1. The summed E-state index contributed by atoms with van der Waals surface area (Å²) in [5.74, 6) is 0.561. The molecule has 0 aliphatic rings. The van der Waals surface area contributed by atoms with Crippen molar-refractivity contribution >= 4 is 11.7 Å². The van der Waals surface area contributed by atoms with E-state index < -0.39 is 0 Å². The van der Waals surface area contributed by atoms with Crippen LogP contribution in [0.4, 0.5) is 0 Å². The second kappa shape index (κ2) is 3.37. The largest absolute Gasteiger partial charge is 0.475 e. The molecule has 2 N–H and O–H groups in total. The van der Waals surface area contributed by atoms with E-state index in [4.69, 9.17) is 10.5 Å². The quantitative estimate of drug-likeness (QED) is 0.644. The van der Waals surface area contributed by atoms with Gasteiger partial charge in [-0.15, -0.1) is 4.37 Å². The van der Waals surface area contributed by atoms with Crippen molar-refractivity contribution in [1.29, 1.82) is 0 Å². The van der Waals surface area contributed by atoms with Gasteiger partial charge in [-0.3, -0.25) is 0 Å². The molecule has 4 nitrogen and oxygen atoms in total. The van der Waals surface area contributed by atoms with Crippen LogP contribution in [0.15, 0.2) is 6.20 Å². The highest BCUT2D eigenvalue weighted by atomic mass is 32.1. The topological polar surface area (TPSA) is 61.0 Å². The summed E-state index contributed by atoms with van der Waals surface area (Å²) < 4.78 is 12.6. The van der Waals surface area contributed by atoms with Gasteiger partial charge in [-0.05, 0) is 0 Å². The van der Waals surface area contributed by atoms with Crippen molar-refractivity contribution in [3.8, 4) is 5.88 Å². The molecule has 0 spiro atoms. The molecular weight excluding hydrogens is 138 g/mol. The van der Waals surface area contributed by atoms with Crippen molar-refractivity contribution in [2.24, 2.45) is 5.73 Å². The molecule has 0 aliphatic heterocycles. The summed E-state index contributed by atoms with van der Waals surface area (Å²) in [6, 6.07) is 0. The molecular formula is C4H7N3OS. The van der Waals surface area contributed by atoms with Crippen LogP contribution in [0.5, 0.6) is 5.88 Å². The molecule has 0 amide bonds. The first-order valence-corrected chi connectivity index (χ1v) is 3.27.